The monoisotopic (exact) mass is 230 g/mol. The van der Waals surface area contributed by atoms with Gasteiger partial charge in [0.15, 0.2) is 0 Å². The first kappa shape index (κ1) is 14.6. The Morgan fingerprint density at radius 1 is 1.62 bits per heavy atom. The molecule has 0 aromatic rings. The van der Waals surface area contributed by atoms with Crippen molar-refractivity contribution in [2.45, 2.75) is 25.0 Å². The molecule has 16 heavy (non-hydrogen) atoms. The first-order chi connectivity index (χ1) is 7.54. The van der Waals surface area contributed by atoms with Crippen LogP contribution in [0.2, 0.25) is 0 Å². The number of ether oxygens (including phenoxy) is 1. The van der Waals surface area contributed by atoms with Gasteiger partial charge in [0.25, 0.3) is 0 Å². The van der Waals surface area contributed by atoms with Gasteiger partial charge in [-0.1, -0.05) is 6.08 Å². The summed E-state index contributed by atoms with van der Waals surface area (Å²) in [6, 6.07) is -0.944. The van der Waals surface area contributed by atoms with Crippen LogP contribution in [0.1, 0.15) is 12.8 Å². The molecular weight excluding hydrogens is 212 g/mol. The summed E-state index contributed by atoms with van der Waals surface area (Å²) < 4.78 is 4.92. The van der Waals surface area contributed by atoms with Crippen molar-refractivity contribution in [1.82, 2.24) is 5.32 Å². The minimum atomic E-state index is -1.09. The molecule has 0 aromatic heterocycles. The lowest BCUT2D eigenvalue weighted by Crippen LogP contribution is -2.42. The topological polar surface area (TPSA) is 102 Å². The highest BCUT2D eigenvalue weighted by atomic mass is 16.5. The zero-order valence-corrected chi connectivity index (χ0v) is 9.31. The van der Waals surface area contributed by atoms with Crippen LogP contribution < -0.4 is 11.1 Å². The summed E-state index contributed by atoms with van der Waals surface area (Å²) in [5.41, 5.74) is 5.34. The molecule has 1 amide bonds. The Bertz CT molecular complexity index is 251. The Morgan fingerprint density at radius 3 is 2.62 bits per heavy atom. The van der Waals surface area contributed by atoms with Crippen LogP contribution in [0.15, 0.2) is 12.7 Å². The van der Waals surface area contributed by atoms with Crippen LogP contribution in [0.5, 0.6) is 0 Å². The standard InChI is InChI=1S/C10H18N2O4/c1-3-4-8(10(14)15)12-9(13)5-7(6-11)16-2/h3,7-8H,1,4-6,11H2,2H3,(H,12,13)(H,14,15). The summed E-state index contributed by atoms with van der Waals surface area (Å²) in [7, 11) is 1.45. The van der Waals surface area contributed by atoms with Crippen LogP contribution >= 0.6 is 0 Å². The number of aliphatic carboxylic acids is 1. The molecule has 6 heteroatoms. The van der Waals surface area contributed by atoms with Gasteiger partial charge in [0, 0.05) is 13.7 Å². The zero-order chi connectivity index (χ0) is 12.6. The maximum atomic E-state index is 11.4. The number of amides is 1. The van der Waals surface area contributed by atoms with Crippen LogP contribution in [0.25, 0.3) is 0 Å². The highest BCUT2D eigenvalue weighted by Crippen LogP contribution is 1.98. The summed E-state index contributed by atoms with van der Waals surface area (Å²) in [6.07, 6.45) is 1.28. The molecule has 0 aromatic carbocycles. The molecule has 0 aliphatic carbocycles. The summed E-state index contributed by atoms with van der Waals surface area (Å²) in [5, 5.41) is 11.2. The van der Waals surface area contributed by atoms with Crippen LogP contribution in [0, 0.1) is 0 Å². The van der Waals surface area contributed by atoms with Gasteiger partial charge in [-0.05, 0) is 6.42 Å². The molecule has 0 heterocycles. The van der Waals surface area contributed by atoms with Crippen molar-refractivity contribution in [3.63, 3.8) is 0 Å². The second-order valence-electron chi connectivity index (χ2n) is 3.28. The second kappa shape index (κ2) is 7.84. The zero-order valence-electron chi connectivity index (χ0n) is 9.31. The van der Waals surface area contributed by atoms with Gasteiger partial charge < -0.3 is 20.9 Å². The minimum absolute atomic E-state index is 0.0495. The number of nitrogens with one attached hydrogen (secondary N) is 1. The molecule has 92 valence electrons. The molecule has 0 aliphatic heterocycles. The van der Waals surface area contributed by atoms with Gasteiger partial charge >= 0.3 is 5.97 Å². The minimum Gasteiger partial charge on any atom is -0.480 e. The molecule has 0 spiro atoms. The van der Waals surface area contributed by atoms with E-state index in [0.29, 0.717) is 0 Å². The molecule has 0 bridgehead atoms. The Labute approximate surface area is 94.5 Å². The van der Waals surface area contributed by atoms with E-state index in [2.05, 4.69) is 11.9 Å². The number of carboxylic acids is 1. The summed E-state index contributed by atoms with van der Waals surface area (Å²) in [4.78, 5) is 22.1. The molecule has 6 nitrogen and oxygen atoms in total. The first-order valence-corrected chi connectivity index (χ1v) is 4.91. The quantitative estimate of drug-likeness (QED) is 0.488. The third-order valence-electron chi connectivity index (χ3n) is 2.04. The summed E-state index contributed by atoms with van der Waals surface area (Å²) in [6.45, 7) is 3.64. The molecule has 2 unspecified atom stereocenters. The molecule has 0 aliphatic rings. The van der Waals surface area contributed by atoms with Gasteiger partial charge in [0.1, 0.15) is 6.04 Å². The third kappa shape index (κ3) is 5.47. The summed E-state index contributed by atoms with van der Waals surface area (Å²) in [5.74, 6) is -1.48. The normalized spacial score (nSPS) is 13.9. The van der Waals surface area contributed by atoms with E-state index < -0.39 is 24.0 Å². The number of methoxy groups -OCH3 is 1. The number of hydrogen-bond acceptors (Lipinski definition) is 4. The van der Waals surface area contributed by atoms with Crippen molar-refractivity contribution < 1.29 is 19.4 Å². The van der Waals surface area contributed by atoms with Crippen molar-refractivity contribution in [1.29, 1.82) is 0 Å². The van der Waals surface area contributed by atoms with Gasteiger partial charge in [-0.15, -0.1) is 6.58 Å². The molecular formula is C10H18N2O4. The largest absolute Gasteiger partial charge is 0.480 e. The van der Waals surface area contributed by atoms with Gasteiger partial charge in [-0.25, -0.2) is 4.79 Å². The van der Waals surface area contributed by atoms with E-state index in [-0.39, 0.29) is 19.4 Å². The predicted molar refractivity (Wildman–Crippen MR) is 58.8 cm³/mol. The van der Waals surface area contributed by atoms with Crippen molar-refractivity contribution >= 4 is 11.9 Å². The first-order valence-electron chi connectivity index (χ1n) is 4.91. The van der Waals surface area contributed by atoms with Gasteiger partial charge in [-0.2, -0.15) is 0 Å². The number of carbonyl (C=O) groups is 2. The van der Waals surface area contributed by atoms with Crippen molar-refractivity contribution in [3.8, 4) is 0 Å². The number of nitrogens with two attached hydrogens (primary N) is 1. The lowest BCUT2D eigenvalue weighted by atomic mass is 10.2. The fraction of sp³-hybridized carbons (Fsp3) is 0.600. The number of rotatable bonds is 8. The fourth-order valence-corrected chi connectivity index (χ4v) is 1.11. The smallest absolute Gasteiger partial charge is 0.326 e. The van der Waals surface area contributed by atoms with E-state index in [1.807, 2.05) is 0 Å². The second-order valence-corrected chi connectivity index (χ2v) is 3.28. The van der Waals surface area contributed by atoms with Crippen LogP contribution in [-0.4, -0.2) is 42.8 Å². The average Bonchev–Trinajstić information content (AvgIpc) is 2.25. The lowest BCUT2D eigenvalue weighted by molar-refractivity contribution is -0.142. The van der Waals surface area contributed by atoms with Crippen molar-refractivity contribution in [2.75, 3.05) is 13.7 Å². The molecule has 0 saturated heterocycles. The van der Waals surface area contributed by atoms with Crippen molar-refractivity contribution in [2.24, 2.45) is 5.73 Å². The number of carbonyl (C=O) groups excluding carboxylic acids is 1. The fourth-order valence-electron chi connectivity index (χ4n) is 1.11. The molecule has 0 saturated carbocycles. The van der Waals surface area contributed by atoms with Crippen molar-refractivity contribution in [3.05, 3.63) is 12.7 Å². The van der Waals surface area contributed by atoms with Gasteiger partial charge in [0.2, 0.25) is 5.91 Å². The molecule has 2 atom stereocenters. The van der Waals surface area contributed by atoms with E-state index in [1.54, 1.807) is 0 Å². The number of hydrogen-bond donors (Lipinski definition) is 3. The Hall–Kier alpha value is -1.40. The van der Waals surface area contributed by atoms with E-state index in [9.17, 15) is 9.59 Å². The van der Waals surface area contributed by atoms with Crippen LogP contribution in [-0.2, 0) is 14.3 Å². The molecule has 0 fully saturated rings. The SMILES string of the molecule is C=CCC(NC(=O)CC(CN)OC)C(=O)O. The average molecular weight is 230 g/mol. The molecule has 0 radical (unpaired) electrons. The lowest BCUT2D eigenvalue weighted by Gasteiger charge is -2.16. The van der Waals surface area contributed by atoms with Gasteiger partial charge in [0.05, 0.1) is 12.5 Å². The highest BCUT2D eigenvalue weighted by molar-refractivity contribution is 5.83. The molecule has 0 rings (SSSR count). The molecule has 4 N–H and O–H groups in total. The maximum Gasteiger partial charge on any atom is 0.326 e. The van der Waals surface area contributed by atoms with Crippen LogP contribution in [0.4, 0.5) is 0 Å². The summed E-state index contributed by atoms with van der Waals surface area (Å²) >= 11 is 0. The van der Waals surface area contributed by atoms with Gasteiger partial charge in [-0.3, -0.25) is 4.79 Å². The Balaban J connectivity index is 4.18. The predicted octanol–water partition coefficient (Wildman–Crippen LogP) is -0.504. The van der Waals surface area contributed by atoms with E-state index in [1.165, 1.54) is 13.2 Å². The Morgan fingerprint density at radius 2 is 2.25 bits per heavy atom. The van der Waals surface area contributed by atoms with E-state index in [0.717, 1.165) is 0 Å². The van der Waals surface area contributed by atoms with E-state index in [4.69, 9.17) is 15.6 Å². The van der Waals surface area contributed by atoms with Crippen LogP contribution in [0.3, 0.4) is 0 Å². The Kier molecular flexibility index (Phi) is 7.15. The van der Waals surface area contributed by atoms with E-state index >= 15 is 0 Å². The number of carboxylic acid groups (broad SMARTS) is 1. The maximum absolute atomic E-state index is 11.4. The highest BCUT2D eigenvalue weighted by Gasteiger charge is 2.20. The third-order valence-corrected chi connectivity index (χ3v) is 2.04.